The van der Waals surface area contributed by atoms with Crippen molar-refractivity contribution in [2.75, 3.05) is 0 Å². The molecular weight excluding hydrogens is 430 g/mol. The molecule has 4 heterocycles. The molecule has 1 amide bonds. The average molecular weight is 464 g/mol. The van der Waals surface area contributed by atoms with E-state index in [2.05, 4.69) is 31.2 Å². The van der Waals surface area contributed by atoms with Crippen LogP contribution in [0.5, 0.6) is 0 Å². The van der Waals surface area contributed by atoms with Crippen LogP contribution < -0.4 is 0 Å². The summed E-state index contributed by atoms with van der Waals surface area (Å²) in [6.45, 7) is 6.47. The Bertz CT molecular complexity index is 1060. The molecule has 0 aromatic heterocycles. The maximum absolute atomic E-state index is 13.5. The zero-order valence-electron chi connectivity index (χ0n) is 20.1. The van der Waals surface area contributed by atoms with Gasteiger partial charge in [0.1, 0.15) is 6.61 Å². The number of fused-ring (bicyclic) bond motifs is 2. The van der Waals surface area contributed by atoms with E-state index in [9.17, 15) is 4.79 Å². The third kappa shape index (κ3) is 3.34. The summed E-state index contributed by atoms with van der Waals surface area (Å²) in [5.74, 6) is -0.349. The van der Waals surface area contributed by atoms with Gasteiger partial charge in [0.2, 0.25) is 5.79 Å². The molecule has 0 N–H and O–H groups in total. The monoisotopic (exact) mass is 463 g/mol. The molecule has 1 aliphatic carbocycles. The zero-order chi connectivity index (χ0) is 23.5. The third-order valence-electron chi connectivity index (χ3n) is 8.65. The Kier molecular flexibility index (Phi) is 5.34. The fourth-order valence-electron chi connectivity index (χ4n) is 6.72. The molecule has 2 bridgehead atoms. The lowest BCUT2D eigenvalue weighted by Gasteiger charge is -2.60. The summed E-state index contributed by atoms with van der Waals surface area (Å²) < 4.78 is 6.51. The van der Waals surface area contributed by atoms with Gasteiger partial charge in [-0.2, -0.15) is 5.06 Å². The summed E-state index contributed by atoms with van der Waals surface area (Å²) in [4.78, 5) is 31.9. The van der Waals surface area contributed by atoms with Gasteiger partial charge in [0.05, 0.1) is 0 Å². The molecule has 0 unspecified atom stereocenters. The van der Waals surface area contributed by atoms with Crippen LogP contribution in [0.4, 0.5) is 0 Å². The molecule has 1 spiro atoms. The Morgan fingerprint density at radius 3 is 2.44 bits per heavy atom. The lowest BCUT2D eigenvalue weighted by Crippen LogP contribution is -2.74. The lowest BCUT2D eigenvalue weighted by atomic mass is 9.57. The van der Waals surface area contributed by atoms with Crippen molar-refractivity contribution < 1.29 is 24.1 Å². The van der Waals surface area contributed by atoms with Crippen LogP contribution in [0.2, 0.25) is 0 Å². The van der Waals surface area contributed by atoms with Crippen molar-refractivity contribution in [3.8, 4) is 11.1 Å². The van der Waals surface area contributed by atoms with Crippen LogP contribution in [-0.2, 0) is 30.8 Å². The quantitative estimate of drug-likeness (QED) is 0.562. The van der Waals surface area contributed by atoms with E-state index in [0.29, 0.717) is 5.92 Å². The maximum Gasteiger partial charge on any atom is 0.251 e. The minimum Gasteiger partial charge on any atom is -0.318 e. The van der Waals surface area contributed by atoms with Crippen molar-refractivity contribution in [3.63, 3.8) is 0 Å². The van der Waals surface area contributed by atoms with Crippen molar-refractivity contribution in [2.24, 2.45) is 23.7 Å². The molecule has 7 rings (SSSR count). The number of carbonyl (C=O) groups is 1. The zero-order valence-corrected chi connectivity index (χ0v) is 20.1. The number of amides is 1. The number of benzene rings is 2. The molecule has 2 aromatic rings. The molecule has 4 aliphatic heterocycles. The van der Waals surface area contributed by atoms with Crippen LogP contribution in [0.3, 0.4) is 0 Å². The van der Waals surface area contributed by atoms with Gasteiger partial charge in [-0.25, -0.2) is 9.78 Å². The van der Waals surface area contributed by atoms with E-state index in [-0.39, 0.29) is 30.3 Å². The van der Waals surface area contributed by atoms with Crippen LogP contribution >= 0.6 is 0 Å². The van der Waals surface area contributed by atoms with Gasteiger partial charge < -0.3 is 4.74 Å². The minimum atomic E-state index is -0.878. The lowest BCUT2D eigenvalue weighted by molar-refractivity contribution is -0.560. The summed E-state index contributed by atoms with van der Waals surface area (Å²) in [6.07, 6.45) is 3.11. The smallest absolute Gasteiger partial charge is 0.251 e. The minimum absolute atomic E-state index is 0.0328. The standard InChI is InChI=1S/C28H33NO5/c1-18-9-14-24-19(2)25(30)29(26-28(24)23(18)15-16-27(3,32-26)33-34-28)31-17-20-10-12-22(13-11-20)21-7-5-4-6-8-21/h4-8,10-13,18-19,23-24,26H,9,14-17H2,1-3H3/t18-,19-,23+,24+,26-,27-,28-/m1/s1. The van der Waals surface area contributed by atoms with E-state index in [0.717, 1.165) is 36.8 Å². The first-order valence-corrected chi connectivity index (χ1v) is 12.6. The number of rotatable bonds is 4. The van der Waals surface area contributed by atoms with Crippen molar-refractivity contribution in [1.29, 1.82) is 0 Å². The Morgan fingerprint density at radius 2 is 1.68 bits per heavy atom. The van der Waals surface area contributed by atoms with Crippen molar-refractivity contribution in [2.45, 2.75) is 70.7 Å². The van der Waals surface area contributed by atoms with Crippen LogP contribution in [-0.4, -0.2) is 28.6 Å². The average Bonchev–Trinajstić information content (AvgIpc) is 3.10. The second kappa shape index (κ2) is 8.16. The largest absolute Gasteiger partial charge is 0.318 e. The number of hydrogen-bond donors (Lipinski definition) is 0. The Labute approximate surface area is 201 Å². The van der Waals surface area contributed by atoms with Crippen LogP contribution in [0.25, 0.3) is 11.1 Å². The Morgan fingerprint density at radius 1 is 0.941 bits per heavy atom. The van der Waals surface area contributed by atoms with Crippen molar-refractivity contribution in [1.82, 2.24) is 5.06 Å². The number of hydrogen-bond acceptors (Lipinski definition) is 5. The normalized spacial score (nSPS) is 39.0. The highest BCUT2D eigenvalue weighted by molar-refractivity contribution is 5.79. The fraction of sp³-hybridized carbons (Fsp3) is 0.536. The van der Waals surface area contributed by atoms with Gasteiger partial charge in [-0.1, -0.05) is 68.4 Å². The highest BCUT2D eigenvalue weighted by atomic mass is 17.3. The number of hydroxylamine groups is 2. The van der Waals surface area contributed by atoms with Gasteiger partial charge in [-0.15, -0.1) is 0 Å². The molecule has 34 heavy (non-hydrogen) atoms. The van der Waals surface area contributed by atoms with E-state index in [4.69, 9.17) is 19.3 Å². The predicted octanol–water partition coefficient (Wildman–Crippen LogP) is 5.48. The molecule has 5 fully saturated rings. The second-order valence-corrected chi connectivity index (χ2v) is 10.7. The Hall–Kier alpha value is -2.25. The molecule has 2 aromatic carbocycles. The van der Waals surface area contributed by atoms with Crippen LogP contribution in [0, 0.1) is 23.7 Å². The number of nitrogens with zero attached hydrogens (tertiary/aromatic N) is 1. The maximum atomic E-state index is 13.5. The second-order valence-electron chi connectivity index (χ2n) is 10.7. The van der Waals surface area contributed by atoms with E-state index in [1.54, 1.807) is 0 Å². The van der Waals surface area contributed by atoms with E-state index < -0.39 is 17.6 Å². The van der Waals surface area contributed by atoms with E-state index in [1.165, 1.54) is 10.6 Å². The van der Waals surface area contributed by atoms with Crippen molar-refractivity contribution >= 4 is 5.91 Å². The molecule has 180 valence electrons. The molecular formula is C28H33NO5. The molecule has 0 radical (unpaired) electrons. The van der Waals surface area contributed by atoms with Gasteiger partial charge in [-0.05, 0) is 54.7 Å². The number of ether oxygens (including phenoxy) is 1. The third-order valence-corrected chi connectivity index (χ3v) is 8.65. The first kappa shape index (κ1) is 22.2. The SMILES string of the molecule is C[C@@H]1CC[C@H]2[C@@H](C)C(=O)N(OCc3ccc(-c4ccccc4)cc3)[C@@H]3O[C@@]4(C)CC[C@@H]1[C@@]23OO4. The number of piperidine rings is 1. The molecule has 1 saturated carbocycles. The molecule has 6 nitrogen and oxygen atoms in total. The van der Waals surface area contributed by atoms with Crippen molar-refractivity contribution in [3.05, 3.63) is 60.2 Å². The fourth-order valence-corrected chi connectivity index (χ4v) is 6.72. The predicted molar refractivity (Wildman–Crippen MR) is 125 cm³/mol. The molecule has 7 atom stereocenters. The topological polar surface area (TPSA) is 57.2 Å². The highest BCUT2D eigenvalue weighted by Crippen LogP contribution is 2.60. The summed E-state index contributed by atoms with van der Waals surface area (Å²) in [5.41, 5.74) is 2.62. The van der Waals surface area contributed by atoms with Gasteiger partial charge in [0, 0.05) is 18.3 Å². The molecule has 4 saturated heterocycles. The summed E-state index contributed by atoms with van der Waals surface area (Å²) in [5, 5.41) is 1.48. The van der Waals surface area contributed by atoms with Gasteiger partial charge in [0.15, 0.2) is 11.8 Å². The first-order valence-electron chi connectivity index (χ1n) is 12.6. The Balaban J connectivity index is 1.28. The summed E-state index contributed by atoms with van der Waals surface area (Å²) >= 11 is 0. The van der Waals surface area contributed by atoms with Gasteiger partial charge >= 0.3 is 0 Å². The highest BCUT2D eigenvalue weighted by Gasteiger charge is 2.71. The van der Waals surface area contributed by atoms with Crippen LogP contribution in [0.1, 0.15) is 52.0 Å². The van der Waals surface area contributed by atoms with E-state index >= 15 is 0 Å². The molecule has 6 heteroatoms. The molecule has 5 aliphatic rings. The van der Waals surface area contributed by atoms with Gasteiger partial charge in [-0.3, -0.25) is 9.63 Å². The van der Waals surface area contributed by atoms with Crippen LogP contribution in [0.15, 0.2) is 54.6 Å². The summed E-state index contributed by atoms with van der Waals surface area (Å²) in [6, 6.07) is 18.6. The number of carbonyl (C=O) groups excluding carboxylic acids is 1. The van der Waals surface area contributed by atoms with Gasteiger partial charge in [0.25, 0.3) is 5.91 Å². The van der Waals surface area contributed by atoms with E-state index in [1.807, 2.05) is 44.2 Å². The first-order chi connectivity index (χ1) is 16.4. The summed E-state index contributed by atoms with van der Waals surface area (Å²) in [7, 11) is 0.